The Morgan fingerprint density at radius 3 is 2.50 bits per heavy atom. The number of anilines is 1. The first-order valence-electron chi connectivity index (χ1n) is 7.24. The smallest absolute Gasteiger partial charge is 0.240 e. The van der Waals surface area contributed by atoms with Gasteiger partial charge in [-0.15, -0.1) is 0 Å². The molecule has 0 saturated heterocycles. The Kier molecular flexibility index (Phi) is 5.56. The number of nitrogens with one attached hydrogen (secondary N) is 1. The van der Waals surface area contributed by atoms with Crippen molar-refractivity contribution in [3.05, 3.63) is 65.7 Å². The van der Waals surface area contributed by atoms with Gasteiger partial charge in [0.25, 0.3) is 0 Å². The van der Waals surface area contributed by atoms with Crippen molar-refractivity contribution in [2.45, 2.75) is 13.3 Å². The van der Waals surface area contributed by atoms with Crippen LogP contribution in [0.5, 0.6) is 0 Å². The van der Waals surface area contributed by atoms with Gasteiger partial charge in [0.2, 0.25) is 5.91 Å². The molecule has 0 atom stereocenters. The van der Waals surface area contributed by atoms with Gasteiger partial charge < -0.3 is 5.32 Å². The summed E-state index contributed by atoms with van der Waals surface area (Å²) in [4.78, 5) is 13.3. The van der Waals surface area contributed by atoms with Gasteiger partial charge in [0.05, 0.1) is 5.69 Å². The van der Waals surface area contributed by atoms with E-state index in [1.54, 1.807) is 0 Å². The zero-order valence-corrected chi connectivity index (χ0v) is 12.6. The van der Waals surface area contributed by atoms with Crippen LogP contribution in [0.1, 0.15) is 11.1 Å². The van der Waals surface area contributed by atoms with Gasteiger partial charge in [0, 0.05) is 6.54 Å². The van der Waals surface area contributed by atoms with Gasteiger partial charge in [-0.05, 0) is 36.6 Å². The number of para-hydroxylation sites is 1. The van der Waals surface area contributed by atoms with Crippen LogP contribution >= 0.6 is 0 Å². The Morgan fingerprint density at radius 2 is 1.82 bits per heavy atom. The third kappa shape index (κ3) is 4.35. The molecule has 0 radical (unpaired) electrons. The monoisotopic (exact) mass is 293 g/mol. The van der Waals surface area contributed by atoms with Gasteiger partial charge in [0.1, 0.15) is 6.54 Å². The number of aryl methyl sites for hydroxylation is 1. The molecule has 0 bridgehead atoms. The fraction of sp³-hybridized carbons (Fsp3) is 0.222. The molecule has 1 N–H and O–H groups in total. The van der Waals surface area contributed by atoms with E-state index in [1.165, 1.54) is 16.0 Å². The maximum Gasteiger partial charge on any atom is 0.240 e. The van der Waals surface area contributed by atoms with Gasteiger partial charge in [-0.3, -0.25) is 9.69 Å². The van der Waals surface area contributed by atoms with Crippen molar-refractivity contribution in [2.24, 2.45) is 0 Å². The van der Waals surface area contributed by atoms with Gasteiger partial charge in [0.15, 0.2) is 6.19 Å². The summed E-state index contributed by atoms with van der Waals surface area (Å²) in [6.45, 7) is 2.66. The number of hydrogen-bond acceptors (Lipinski definition) is 3. The van der Waals surface area contributed by atoms with Crippen molar-refractivity contribution in [1.29, 1.82) is 5.26 Å². The Bertz CT molecular complexity index is 662. The van der Waals surface area contributed by atoms with Crippen LogP contribution in [0.2, 0.25) is 0 Å². The van der Waals surface area contributed by atoms with Crippen LogP contribution in [-0.4, -0.2) is 19.0 Å². The van der Waals surface area contributed by atoms with Crippen LogP contribution in [-0.2, 0) is 11.2 Å². The third-order valence-corrected chi connectivity index (χ3v) is 3.47. The lowest BCUT2D eigenvalue weighted by Crippen LogP contribution is -2.35. The molecule has 4 nitrogen and oxygen atoms in total. The minimum atomic E-state index is -0.154. The van der Waals surface area contributed by atoms with Gasteiger partial charge in [-0.2, -0.15) is 5.26 Å². The molecule has 0 aromatic heterocycles. The molecule has 2 rings (SSSR count). The fourth-order valence-corrected chi connectivity index (χ4v) is 2.22. The molecule has 0 aliphatic carbocycles. The van der Waals surface area contributed by atoms with Crippen molar-refractivity contribution >= 4 is 11.6 Å². The molecule has 0 saturated carbocycles. The van der Waals surface area contributed by atoms with Gasteiger partial charge >= 0.3 is 0 Å². The lowest BCUT2D eigenvalue weighted by molar-refractivity contribution is -0.119. The molecule has 0 unspecified atom stereocenters. The minimum Gasteiger partial charge on any atom is -0.354 e. The number of benzene rings is 2. The molecule has 22 heavy (non-hydrogen) atoms. The average Bonchev–Trinajstić information content (AvgIpc) is 2.55. The van der Waals surface area contributed by atoms with Crippen LogP contribution in [0, 0.1) is 18.4 Å². The molecule has 0 aliphatic heterocycles. The molecule has 2 aromatic rings. The van der Waals surface area contributed by atoms with Crippen molar-refractivity contribution in [2.75, 3.05) is 18.0 Å². The predicted octanol–water partition coefficient (Wildman–Crippen LogP) is 2.64. The first-order chi connectivity index (χ1) is 10.7. The van der Waals surface area contributed by atoms with Crippen molar-refractivity contribution in [3.63, 3.8) is 0 Å². The number of nitriles is 1. The Morgan fingerprint density at radius 1 is 1.14 bits per heavy atom. The molecule has 0 fully saturated rings. The number of rotatable bonds is 6. The van der Waals surface area contributed by atoms with E-state index in [4.69, 9.17) is 5.26 Å². The fourth-order valence-electron chi connectivity index (χ4n) is 2.22. The lowest BCUT2D eigenvalue weighted by atomic mass is 10.1. The Labute approximate surface area is 131 Å². The zero-order chi connectivity index (χ0) is 15.8. The van der Waals surface area contributed by atoms with E-state index in [9.17, 15) is 4.79 Å². The molecule has 1 amide bonds. The highest BCUT2D eigenvalue weighted by molar-refractivity contribution is 5.82. The van der Waals surface area contributed by atoms with E-state index in [2.05, 4.69) is 24.4 Å². The van der Waals surface area contributed by atoms with Crippen LogP contribution in [0.15, 0.2) is 54.6 Å². The van der Waals surface area contributed by atoms with Crippen LogP contribution < -0.4 is 10.2 Å². The van der Waals surface area contributed by atoms with Crippen LogP contribution in [0.4, 0.5) is 5.69 Å². The molecular formula is C18H19N3O. The quantitative estimate of drug-likeness (QED) is 0.658. The highest BCUT2D eigenvalue weighted by atomic mass is 16.2. The number of hydrogen-bond donors (Lipinski definition) is 1. The number of amides is 1. The lowest BCUT2D eigenvalue weighted by Gasteiger charge is -2.15. The van der Waals surface area contributed by atoms with Crippen molar-refractivity contribution in [3.8, 4) is 6.19 Å². The second kappa shape index (κ2) is 7.84. The van der Waals surface area contributed by atoms with Gasteiger partial charge in [-0.25, -0.2) is 0 Å². The third-order valence-electron chi connectivity index (χ3n) is 3.47. The molecule has 0 heterocycles. The summed E-state index contributed by atoms with van der Waals surface area (Å²) >= 11 is 0. The van der Waals surface area contributed by atoms with E-state index in [0.717, 1.165) is 12.1 Å². The predicted molar refractivity (Wildman–Crippen MR) is 87.3 cm³/mol. The summed E-state index contributed by atoms with van der Waals surface area (Å²) in [5.74, 6) is -0.154. The topological polar surface area (TPSA) is 56.1 Å². The van der Waals surface area contributed by atoms with E-state index in [-0.39, 0.29) is 12.5 Å². The summed E-state index contributed by atoms with van der Waals surface area (Å²) in [7, 11) is 0. The van der Waals surface area contributed by atoms with E-state index >= 15 is 0 Å². The Hall–Kier alpha value is -2.80. The van der Waals surface area contributed by atoms with Crippen molar-refractivity contribution < 1.29 is 4.79 Å². The molecule has 112 valence electrons. The standard InChI is InChI=1S/C18H19N3O/c1-15-7-5-6-8-16(15)11-12-20-18(22)13-21(14-19)17-9-3-2-4-10-17/h2-10H,11-13H2,1H3,(H,20,22). The summed E-state index contributed by atoms with van der Waals surface area (Å²) in [5, 5.41) is 12.0. The van der Waals surface area contributed by atoms with E-state index in [0.29, 0.717) is 6.54 Å². The first-order valence-corrected chi connectivity index (χ1v) is 7.24. The van der Waals surface area contributed by atoms with Gasteiger partial charge in [-0.1, -0.05) is 42.5 Å². The highest BCUT2D eigenvalue weighted by Gasteiger charge is 2.10. The SMILES string of the molecule is Cc1ccccc1CCNC(=O)CN(C#N)c1ccccc1. The molecule has 0 spiro atoms. The van der Waals surface area contributed by atoms with E-state index in [1.807, 2.05) is 48.7 Å². The maximum atomic E-state index is 12.0. The minimum absolute atomic E-state index is 0.0360. The summed E-state index contributed by atoms with van der Waals surface area (Å²) in [6.07, 6.45) is 2.83. The Balaban J connectivity index is 1.83. The van der Waals surface area contributed by atoms with E-state index < -0.39 is 0 Å². The molecular weight excluding hydrogens is 274 g/mol. The van der Waals surface area contributed by atoms with Crippen LogP contribution in [0.3, 0.4) is 0 Å². The maximum absolute atomic E-state index is 12.0. The molecule has 2 aromatic carbocycles. The second-order valence-electron chi connectivity index (χ2n) is 5.05. The van der Waals surface area contributed by atoms with Crippen LogP contribution in [0.25, 0.3) is 0 Å². The average molecular weight is 293 g/mol. The summed E-state index contributed by atoms with van der Waals surface area (Å²) in [5.41, 5.74) is 3.17. The largest absolute Gasteiger partial charge is 0.354 e. The zero-order valence-electron chi connectivity index (χ0n) is 12.6. The summed E-state index contributed by atoms with van der Waals surface area (Å²) in [6, 6.07) is 17.3. The highest BCUT2D eigenvalue weighted by Crippen LogP contribution is 2.11. The second-order valence-corrected chi connectivity index (χ2v) is 5.05. The number of carbonyl (C=O) groups is 1. The molecule has 4 heteroatoms. The normalized spacial score (nSPS) is 9.82. The molecule has 0 aliphatic rings. The number of carbonyl (C=O) groups excluding carboxylic acids is 1. The first kappa shape index (κ1) is 15.6. The summed E-state index contributed by atoms with van der Waals surface area (Å²) < 4.78 is 0. The van der Waals surface area contributed by atoms with Crippen molar-refractivity contribution in [1.82, 2.24) is 5.32 Å². The number of nitrogens with zero attached hydrogens (tertiary/aromatic N) is 2.